The van der Waals surface area contributed by atoms with Crippen molar-refractivity contribution in [2.45, 2.75) is 30.2 Å². The molecule has 1 aromatic carbocycles. The molecule has 9 heteroatoms. The molecule has 1 N–H and O–H groups in total. The molecule has 3 aromatic rings. The van der Waals surface area contributed by atoms with E-state index in [9.17, 15) is 18.5 Å². The van der Waals surface area contributed by atoms with Crippen LogP contribution in [-0.2, 0) is 16.4 Å². The third kappa shape index (κ3) is 3.63. The molecular formula is C18H18N4O4S. The lowest BCUT2D eigenvalue weighted by atomic mass is 10.2. The zero-order valence-electron chi connectivity index (χ0n) is 14.6. The molecule has 0 amide bonds. The standard InChI is InChI=1S/C18H18N4O4S/c1-27(25,26)17-6-5-14(8-16(17)22(23)24)19-9-15-11-21-10-13(12-2-3-12)4-7-18(21)20-15/h4-8,10-12,19H,2-3,9H2,1H3. The van der Waals surface area contributed by atoms with Crippen LogP contribution in [0.5, 0.6) is 0 Å². The van der Waals surface area contributed by atoms with E-state index < -0.39 is 20.4 Å². The highest BCUT2D eigenvalue weighted by Crippen LogP contribution is 2.39. The summed E-state index contributed by atoms with van der Waals surface area (Å²) in [6, 6.07) is 8.09. The summed E-state index contributed by atoms with van der Waals surface area (Å²) < 4.78 is 25.4. The Balaban J connectivity index is 1.55. The average Bonchev–Trinajstić information content (AvgIpc) is 3.38. The molecule has 27 heavy (non-hydrogen) atoms. The Morgan fingerprint density at radius 2 is 2.04 bits per heavy atom. The van der Waals surface area contributed by atoms with Crippen molar-refractivity contribution in [2.75, 3.05) is 11.6 Å². The Morgan fingerprint density at radius 3 is 2.70 bits per heavy atom. The van der Waals surface area contributed by atoms with Gasteiger partial charge in [-0.3, -0.25) is 10.1 Å². The molecule has 140 valence electrons. The molecule has 0 aliphatic heterocycles. The zero-order chi connectivity index (χ0) is 19.2. The number of pyridine rings is 1. The predicted molar refractivity (Wildman–Crippen MR) is 101 cm³/mol. The van der Waals surface area contributed by atoms with Crippen molar-refractivity contribution in [1.82, 2.24) is 9.38 Å². The second-order valence-electron chi connectivity index (χ2n) is 6.80. The van der Waals surface area contributed by atoms with Crippen LogP contribution in [0, 0.1) is 10.1 Å². The topological polar surface area (TPSA) is 107 Å². The van der Waals surface area contributed by atoms with E-state index in [1.165, 1.54) is 36.6 Å². The van der Waals surface area contributed by atoms with Crippen LogP contribution in [0.3, 0.4) is 0 Å². The molecule has 0 saturated heterocycles. The minimum atomic E-state index is -3.67. The molecule has 0 radical (unpaired) electrons. The molecule has 2 heterocycles. The van der Waals surface area contributed by atoms with E-state index in [1.54, 1.807) is 0 Å². The van der Waals surface area contributed by atoms with Crippen LogP contribution in [0.15, 0.2) is 47.6 Å². The molecule has 0 spiro atoms. The second kappa shape index (κ2) is 6.34. The SMILES string of the molecule is CS(=O)(=O)c1ccc(NCc2cn3cc(C4CC4)ccc3n2)cc1[N+](=O)[O-]. The average molecular weight is 386 g/mol. The van der Waals surface area contributed by atoms with E-state index in [4.69, 9.17) is 0 Å². The maximum absolute atomic E-state index is 11.7. The normalized spacial score (nSPS) is 14.4. The van der Waals surface area contributed by atoms with Crippen molar-refractivity contribution in [3.8, 4) is 0 Å². The number of benzene rings is 1. The quantitative estimate of drug-likeness (QED) is 0.515. The number of anilines is 1. The largest absolute Gasteiger partial charge is 0.379 e. The number of aromatic nitrogens is 2. The van der Waals surface area contributed by atoms with Gasteiger partial charge in [-0.05, 0) is 42.5 Å². The predicted octanol–water partition coefficient (Wildman–Crippen LogP) is 3.14. The van der Waals surface area contributed by atoms with Crippen molar-refractivity contribution < 1.29 is 13.3 Å². The zero-order valence-corrected chi connectivity index (χ0v) is 15.4. The lowest BCUT2D eigenvalue weighted by Gasteiger charge is -2.06. The fourth-order valence-corrected chi connectivity index (χ4v) is 3.91. The molecule has 0 unspecified atom stereocenters. The summed E-state index contributed by atoms with van der Waals surface area (Å²) in [7, 11) is -3.67. The monoisotopic (exact) mass is 386 g/mol. The number of hydrogen-bond acceptors (Lipinski definition) is 6. The summed E-state index contributed by atoms with van der Waals surface area (Å²) in [5.41, 5.74) is 2.97. The number of fused-ring (bicyclic) bond motifs is 1. The van der Waals surface area contributed by atoms with Gasteiger partial charge >= 0.3 is 0 Å². The van der Waals surface area contributed by atoms with Gasteiger partial charge in [0.15, 0.2) is 9.84 Å². The Bertz CT molecular complexity index is 1150. The first-order valence-electron chi connectivity index (χ1n) is 8.51. The highest BCUT2D eigenvalue weighted by Gasteiger charge is 2.24. The number of nitrogens with one attached hydrogen (secondary N) is 1. The number of nitrogens with zero attached hydrogens (tertiary/aromatic N) is 3. The van der Waals surface area contributed by atoms with Gasteiger partial charge in [0.25, 0.3) is 5.69 Å². The first-order chi connectivity index (χ1) is 12.8. The van der Waals surface area contributed by atoms with Gasteiger partial charge in [-0.1, -0.05) is 6.07 Å². The van der Waals surface area contributed by atoms with Crippen LogP contribution in [0.1, 0.15) is 30.0 Å². The van der Waals surface area contributed by atoms with Crippen molar-refractivity contribution in [1.29, 1.82) is 0 Å². The molecule has 0 bridgehead atoms. The van der Waals surface area contributed by atoms with Gasteiger partial charge < -0.3 is 9.72 Å². The van der Waals surface area contributed by atoms with Gasteiger partial charge in [0.05, 0.1) is 17.2 Å². The number of imidazole rings is 1. The summed E-state index contributed by atoms with van der Waals surface area (Å²) in [5.74, 6) is 0.660. The number of sulfone groups is 1. The van der Waals surface area contributed by atoms with Crippen molar-refractivity contribution in [3.05, 3.63) is 64.1 Å². The third-order valence-corrected chi connectivity index (χ3v) is 5.75. The molecule has 1 saturated carbocycles. The molecule has 0 atom stereocenters. The van der Waals surface area contributed by atoms with Crippen molar-refractivity contribution in [3.63, 3.8) is 0 Å². The Morgan fingerprint density at radius 1 is 1.26 bits per heavy atom. The van der Waals surface area contributed by atoms with Crippen LogP contribution in [-0.4, -0.2) is 29.0 Å². The first kappa shape index (κ1) is 17.5. The molecule has 8 nitrogen and oxygen atoms in total. The summed E-state index contributed by atoms with van der Waals surface area (Å²) in [6.07, 6.45) is 7.44. The first-order valence-corrected chi connectivity index (χ1v) is 10.4. The maximum atomic E-state index is 11.7. The Hall–Kier alpha value is -2.94. The summed E-state index contributed by atoms with van der Waals surface area (Å²) >= 11 is 0. The minimum Gasteiger partial charge on any atom is -0.379 e. The molecular weight excluding hydrogens is 368 g/mol. The lowest BCUT2D eigenvalue weighted by molar-refractivity contribution is -0.387. The van der Waals surface area contributed by atoms with E-state index in [0.29, 0.717) is 18.2 Å². The number of rotatable bonds is 6. The Labute approximate surface area is 155 Å². The third-order valence-electron chi connectivity index (χ3n) is 4.60. The Kier molecular flexibility index (Phi) is 4.11. The van der Waals surface area contributed by atoms with Crippen LogP contribution in [0.25, 0.3) is 5.65 Å². The van der Waals surface area contributed by atoms with Gasteiger partial charge in [-0.15, -0.1) is 0 Å². The van der Waals surface area contributed by atoms with E-state index >= 15 is 0 Å². The number of nitro groups is 1. The molecule has 2 aromatic heterocycles. The summed E-state index contributed by atoms with van der Waals surface area (Å²) in [4.78, 5) is 14.8. The van der Waals surface area contributed by atoms with Gasteiger partial charge in [-0.25, -0.2) is 13.4 Å². The number of nitro benzene ring substituents is 1. The fraction of sp³-hybridized carbons (Fsp3) is 0.278. The maximum Gasteiger partial charge on any atom is 0.290 e. The van der Waals surface area contributed by atoms with Gasteiger partial charge in [-0.2, -0.15) is 0 Å². The van der Waals surface area contributed by atoms with Crippen molar-refractivity contribution >= 4 is 26.9 Å². The lowest BCUT2D eigenvalue weighted by Crippen LogP contribution is -2.05. The molecule has 1 aliphatic carbocycles. The highest BCUT2D eigenvalue weighted by atomic mass is 32.2. The smallest absolute Gasteiger partial charge is 0.290 e. The summed E-state index contributed by atoms with van der Waals surface area (Å²) in [6.45, 7) is 0.371. The van der Waals surface area contributed by atoms with Crippen LogP contribution in [0.4, 0.5) is 11.4 Å². The molecule has 1 aliphatic rings. The van der Waals surface area contributed by atoms with Crippen LogP contribution in [0.2, 0.25) is 0 Å². The van der Waals surface area contributed by atoms with Gasteiger partial charge in [0.2, 0.25) is 0 Å². The highest BCUT2D eigenvalue weighted by molar-refractivity contribution is 7.90. The molecule has 4 rings (SSSR count). The van der Waals surface area contributed by atoms with Gasteiger partial charge in [0, 0.05) is 30.4 Å². The van der Waals surface area contributed by atoms with Crippen LogP contribution < -0.4 is 5.32 Å². The van der Waals surface area contributed by atoms with E-state index in [1.807, 2.05) is 16.7 Å². The van der Waals surface area contributed by atoms with Crippen molar-refractivity contribution in [2.24, 2.45) is 0 Å². The second-order valence-corrected chi connectivity index (χ2v) is 8.78. The van der Waals surface area contributed by atoms with E-state index in [2.05, 4.69) is 22.6 Å². The van der Waals surface area contributed by atoms with Crippen LogP contribution >= 0.6 is 0 Å². The van der Waals surface area contributed by atoms with Gasteiger partial charge in [0.1, 0.15) is 10.5 Å². The van der Waals surface area contributed by atoms with E-state index in [-0.39, 0.29) is 4.90 Å². The minimum absolute atomic E-state index is 0.293. The van der Waals surface area contributed by atoms with E-state index in [0.717, 1.165) is 17.6 Å². The molecule has 1 fully saturated rings. The fourth-order valence-electron chi connectivity index (χ4n) is 3.08. The summed E-state index contributed by atoms with van der Waals surface area (Å²) in [5, 5.41) is 14.3. The number of hydrogen-bond donors (Lipinski definition) is 1.